The number of hydrogen-bond donors (Lipinski definition) is 3. The Balaban J connectivity index is 1.71. The first-order valence-electron chi connectivity index (χ1n) is 7.30. The molecular weight excluding hydrogens is 332 g/mol. The van der Waals surface area contributed by atoms with Crippen molar-refractivity contribution < 1.29 is 23.2 Å². The molecule has 2 aromatic rings. The van der Waals surface area contributed by atoms with Gasteiger partial charge in [-0.05, 0) is 42.0 Å². The number of hydrogen-bond acceptors (Lipinski definition) is 3. The minimum atomic E-state index is -0.636. The van der Waals surface area contributed by atoms with Gasteiger partial charge in [0.2, 0.25) is 5.91 Å². The van der Waals surface area contributed by atoms with Crippen LogP contribution in [0, 0.1) is 11.6 Å². The molecule has 2 rings (SSSR count). The number of nitrogens with one attached hydrogen (secondary N) is 3. The third-order valence-electron chi connectivity index (χ3n) is 3.14. The van der Waals surface area contributed by atoms with Crippen LogP contribution in [0.2, 0.25) is 0 Å². The van der Waals surface area contributed by atoms with Crippen LogP contribution in [-0.4, -0.2) is 24.3 Å². The van der Waals surface area contributed by atoms with E-state index in [1.807, 2.05) is 0 Å². The molecule has 3 amide bonds. The van der Waals surface area contributed by atoms with Gasteiger partial charge in [0.15, 0.2) is 0 Å². The molecule has 0 saturated heterocycles. The van der Waals surface area contributed by atoms with E-state index in [-0.39, 0.29) is 18.5 Å². The lowest BCUT2D eigenvalue weighted by atomic mass is 10.1. The zero-order chi connectivity index (χ0) is 18.2. The van der Waals surface area contributed by atoms with Crippen molar-refractivity contribution in [2.75, 3.05) is 6.54 Å². The molecule has 0 atom stereocenters. The molecule has 0 fully saturated rings. The predicted molar refractivity (Wildman–Crippen MR) is 85.1 cm³/mol. The van der Waals surface area contributed by atoms with Crippen molar-refractivity contribution in [3.63, 3.8) is 0 Å². The predicted octanol–water partition coefficient (Wildman–Crippen LogP) is 1.08. The first-order chi connectivity index (χ1) is 11.9. The molecule has 0 spiro atoms. The van der Waals surface area contributed by atoms with Crippen molar-refractivity contribution in [2.24, 2.45) is 0 Å². The van der Waals surface area contributed by atoms with E-state index in [1.165, 1.54) is 36.4 Å². The summed E-state index contributed by atoms with van der Waals surface area (Å²) >= 11 is 0. The van der Waals surface area contributed by atoms with Crippen molar-refractivity contribution in [2.45, 2.75) is 6.42 Å². The summed E-state index contributed by atoms with van der Waals surface area (Å²) < 4.78 is 25.5. The molecule has 0 saturated carbocycles. The molecule has 130 valence electrons. The quantitative estimate of drug-likeness (QED) is 0.708. The highest BCUT2D eigenvalue weighted by atomic mass is 19.1. The average molecular weight is 347 g/mol. The van der Waals surface area contributed by atoms with E-state index in [0.29, 0.717) is 5.56 Å². The van der Waals surface area contributed by atoms with E-state index in [0.717, 1.165) is 12.1 Å². The summed E-state index contributed by atoms with van der Waals surface area (Å²) in [5.74, 6) is -2.56. The molecule has 6 nitrogen and oxygen atoms in total. The fraction of sp³-hybridized carbons (Fsp3) is 0.118. The first-order valence-corrected chi connectivity index (χ1v) is 7.30. The van der Waals surface area contributed by atoms with Crippen LogP contribution in [-0.2, 0) is 16.0 Å². The van der Waals surface area contributed by atoms with Crippen LogP contribution in [0.3, 0.4) is 0 Å². The lowest BCUT2D eigenvalue weighted by Crippen LogP contribution is -2.46. The van der Waals surface area contributed by atoms with Gasteiger partial charge in [0.25, 0.3) is 11.8 Å². The van der Waals surface area contributed by atoms with E-state index < -0.39 is 29.4 Å². The van der Waals surface area contributed by atoms with Gasteiger partial charge < -0.3 is 5.32 Å². The summed E-state index contributed by atoms with van der Waals surface area (Å²) in [4.78, 5) is 35.0. The molecule has 0 aromatic heterocycles. The van der Waals surface area contributed by atoms with Crippen LogP contribution in [0.5, 0.6) is 0 Å². The highest BCUT2D eigenvalue weighted by molar-refractivity contribution is 5.96. The molecule has 0 unspecified atom stereocenters. The molecule has 0 radical (unpaired) electrons. The second-order valence-electron chi connectivity index (χ2n) is 5.09. The highest BCUT2D eigenvalue weighted by Crippen LogP contribution is 2.03. The highest BCUT2D eigenvalue weighted by Gasteiger charge is 2.09. The van der Waals surface area contributed by atoms with Crippen LogP contribution in [0.4, 0.5) is 8.78 Å². The molecule has 3 N–H and O–H groups in total. The number of halogens is 2. The Labute approximate surface area is 142 Å². The van der Waals surface area contributed by atoms with Crippen molar-refractivity contribution >= 4 is 17.7 Å². The fourth-order valence-corrected chi connectivity index (χ4v) is 1.88. The maximum atomic E-state index is 12.8. The summed E-state index contributed by atoms with van der Waals surface area (Å²) in [6.45, 7) is -0.368. The van der Waals surface area contributed by atoms with Crippen LogP contribution < -0.4 is 16.2 Å². The van der Waals surface area contributed by atoms with Gasteiger partial charge in [0, 0.05) is 5.56 Å². The van der Waals surface area contributed by atoms with Crippen molar-refractivity contribution in [3.8, 4) is 0 Å². The maximum Gasteiger partial charge on any atom is 0.257 e. The number of carbonyl (C=O) groups is 3. The molecule has 2 aromatic carbocycles. The summed E-state index contributed by atoms with van der Waals surface area (Å²) in [7, 11) is 0. The van der Waals surface area contributed by atoms with Crippen molar-refractivity contribution in [1.29, 1.82) is 0 Å². The third kappa shape index (κ3) is 6.02. The molecule has 25 heavy (non-hydrogen) atoms. The Hall–Kier alpha value is -3.29. The Bertz CT molecular complexity index is 762. The molecule has 8 heteroatoms. The van der Waals surface area contributed by atoms with E-state index in [1.54, 1.807) is 0 Å². The first kappa shape index (κ1) is 18.1. The molecule has 0 aliphatic carbocycles. The maximum absolute atomic E-state index is 12.8. The molecule has 0 aliphatic heterocycles. The SMILES string of the molecule is O=C(CNC(=O)c1ccc(F)cc1)NNC(=O)Cc1ccc(F)cc1. The van der Waals surface area contributed by atoms with Gasteiger partial charge in [-0.25, -0.2) is 8.78 Å². The number of benzene rings is 2. The molecule has 0 heterocycles. The van der Waals surface area contributed by atoms with Gasteiger partial charge in [-0.3, -0.25) is 25.2 Å². The van der Waals surface area contributed by atoms with Crippen LogP contribution in [0.25, 0.3) is 0 Å². The summed E-state index contributed by atoms with van der Waals surface area (Å²) in [6.07, 6.45) is -0.0392. The summed E-state index contributed by atoms with van der Waals surface area (Å²) in [5.41, 5.74) is 5.11. The van der Waals surface area contributed by atoms with Gasteiger partial charge in [-0.15, -0.1) is 0 Å². The van der Waals surface area contributed by atoms with E-state index >= 15 is 0 Å². The second kappa shape index (κ2) is 8.53. The van der Waals surface area contributed by atoms with Crippen LogP contribution in [0.15, 0.2) is 48.5 Å². The van der Waals surface area contributed by atoms with E-state index in [4.69, 9.17) is 0 Å². The Morgan fingerprint density at radius 2 is 1.28 bits per heavy atom. The smallest absolute Gasteiger partial charge is 0.257 e. The van der Waals surface area contributed by atoms with Gasteiger partial charge in [-0.2, -0.15) is 0 Å². The zero-order valence-corrected chi connectivity index (χ0v) is 13.0. The Morgan fingerprint density at radius 1 is 0.760 bits per heavy atom. The Kier molecular flexibility index (Phi) is 6.16. The summed E-state index contributed by atoms with van der Waals surface area (Å²) in [5, 5.41) is 2.33. The van der Waals surface area contributed by atoms with Gasteiger partial charge in [0.05, 0.1) is 13.0 Å². The second-order valence-corrected chi connectivity index (χ2v) is 5.09. The van der Waals surface area contributed by atoms with Gasteiger partial charge in [-0.1, -0.05) is 12.1 Å². The number of carbonyl (C=O) groups excluding carboxylic acids is 3. The van der Waals surface area contributed by atoms with Gasteiger partial charge in [0.1, 0.15) is 11.6 Å². The Morgan fingerprint density at radius 3 is 1.88 bits per heavy atom. The molecule has 0 aliphatic rings. The lowest BCUT2D eigenvalue weighted by Gasteiger charge is -2.08. The topological polar surface area (TPSA) is 87.3 Å². The third-order valence-corrected chi connectivity index (χ3v) is 3.14. The fourth-order valence-electron chi connectivity index (χ4n) is 1.88. The number of rotatable bonds is 5. The average Bonchev–Trinajstić information content (AvgIpc) is 2.60. The minimum absolute atomic E-state index is 0.0392. The lowest BCUT2D eigenvalue weighted by molar-refractivity contribution is -0.128. The minimum Gasteiger partial charge on any atom is -0.343 e. The summed E-state index contributed by atoms with van der Waals surface area (Å²) in [6, 6.07) is 10.2. The monoisotopic (exact) mass is 347 g/mol. The van der Waals surface area contributed by atoms with E-state index in [2.05, 4.69) is 16.2 Å². The van der Waals surface area contributed by atoms with Crippen LogP contribution >= 0.6 is 0 Å². The zero-order valence-electron chi connectivity index (χ0n) is 13.0. The van der Waals surface area contributed by atoms with E-state index in [9.17, 15) is 23.2 Å². The number of amides is 3. The van der Waals surface area contributed by atoms with Crippen LogP contribution in [0.1, 0.15) is 15.9 Å². The van der Waals surface area contributed by atoms with Gasteiger partial charge >= 0.3 is 0 Å². The number of hydrazine groups is 1. The standard InChI is InChI=1S/C17H15F2N3O3/c18-13-5-1-11(2-6-13)9-15(23)21-22-16(24)10-20-17(25)12-3-7-14(19)8-4-12/h1-8H,9-10H2,(H,20,25)(H,21,23)(H,22,24). The molecule has 0 bridgehead atoms. The normalized spacial score (nSPS) is 10.0. The largest absolute Gasteiger partial charge is 0.343 e. The van der Waals surface area contributed by atoms with Crippen molar-refractivity contribution in [1.82, 2.24) is 16.2 Å². The molecular formula is C17H15F2N3O3. The van der Waals surface area contributed by atoms with Crippen molar-refractivity contribution in [3.05, 3.63) is 71.3 Å².